The minimum atomic E-state index is -3.63. The smallest absolute Gasteiger partial charge is 0.243 e. The Balaban J connectivity index is 1.23. The van der Waals surface area contributed by atoms with Crippen LogP contribution in [-0.4, -0.2) is 70.7 Å². The zero-order chi connectivity index (χ0) is 27.3. The molecule has 2 saturated heterocycles. The van der Waals surface area contributed by atoms with Crippen molar-refractivity contribution in [2.45, 2.75) is 36.3 Å². The van der Waals surface area contributed by atoms with Crippen LogP contribution in [0, 0.1) is 5.92 Å². The summed E-state index contributed by atoms with van der Waals surface area (Å²) < 4.78 is 59.6. The minimum absolute atomic E-state index is 0.114. The number of hydrogen-bond acceptors (Lipinski definition) is 6. The second-order valence-electron chi connectivity index (χ2n) is 9.42. The number of piperidine rings is 1. The zero-order valence-electron chi connectivity index (χ0n) is 20.8. The van der Waals surface area contributed by atoms with Crippen LogP contribution in [0.4, 0.5) is 0 Å². The van der Waals surface area contributed by atoms with Gasteiger partial charge < -0.3 is 10.1 Å². The minimum Gasteiger partial charge on any atom is -0.492 e. The van der Waals surface area contributed by atoms with Crippen molar-refractivity contribution in [1.82, 2.24) is 13.9 Å². The molecule has 1 N–H and O–H groups in total. The van der Waals surface area contributed by atoms with Gasteiger partial charge in [0.2, 0.25) is 26.0 Å². The molecule has 1 amide bonds. The van der Waals surface area contributed by atoms with E-state index < -0.39 is 26.0 Å². The Labute approximate surface area is 234 Å². The lowest BCUT2D eigenvalue weighted by Crippen LogP contribution is -2.46. The topological polar surface area (TPSA) is 113 Å². The first-order valence-corrected chi connectivity index (χ1v) is 16.3. The largest absolute Gasteiger partial charge is 0.492 e. The first-order chi connectivity index (χ1) is 18.1. The summed E-state index contributed by atoms with van der Waals surface area (Å²) in [7, 11) is -7.11. The van der Waals surface area contributed by atoms with Gasteiger partial charge in [-0.15, -0.1) is 0 Å². The van der Waals surface area contributed by atoms with Crippen LogP contribution in [-0.2, 0) is 30.6 Å². The maximum atomic E-state index is 13.0. The molecule has 1 atom stereocenters. The fourth-order valence-electron chi connectivity index (χ4n) is 4.61. The van der Waals surface area contributed by atoms with E-state index in [1.165, 1.54) is 26.8 Å². The van der Waals surface area contributed by atoms with Gasteiger partial charge >= 0.3 is 0 Å². The van der Waals surface area contributed by atoms with Crippen LogP contribution in [0.3, 0.4) is 0 Å². The van der Waals surface area contributed by atoms with E-state index in [9.17, 15) is 21.6 Å². The molecule has 0 bridgehead atoms. The fraction of sp³-hybridized carbons (Fsp3) is 0.480. The number of nitrogens with zero attached hydrogens (tertiary/aromatic N) is 2. The lowest BCUT2D eigenvalue weighted by atomic mass is 9.99. The molecule has 0 spiro atoms. The van der Waals surface area contributed by atoms with Crippen molar-refractivity contribution in [3.8, 4) is 5.75 Å². The van der Waals surface area contributed by atoms with Gasteiger partial charge in [-0.25, -0.2) is 21.1 Å². The standard InChI is InChI=1S/C25H31Cl2N3O6S2/c26-23-10-5-19(16-24(23)27)18-37(32,33)30-14-3-4-20(17-30)25(31)28-11-15-36-21-6-8-22(9-7-21)38(34,35)29-12-1-2-13-29/h5-10,16,20H,1-4,11-15,17-18H2,(H,28,31)/t20-/m1/s1. The van der Waals surface area contributed by atoms with E-state index in [1.54, 1.807) is 24.3 Å². The van der Waals surface area contributed by atoms with Crippen molar-refractivity contribution < 1.29 is 26.4 Å². The molecule has 2 aliphatic heterocycles. The SMILES string of the molecule is O=C(NCCOc1ccc(S(=O)(=O)N2CCCC2)cc1)[C@@H]1CCCN(S(=O)(=O)Cc2ccc(Cl)c(Cl)c2)C1. The Bertz CT molecular complexity index is 1350. The van der Waals surface area contributed by atoms with Crippen molar-refractivity contribution in [3.05, 3.63) is 58.1 Å². The van der Waals surface area contributed by atoms with Gasteiger partial charge in [-0.05, 0) is 67.6 Å². The quantitative estimate of drug-likeness (QED) is 0.416. The van der Waals surface area contributed by atoms with Crippen molar-refractivity contribution in [2.75, 3.05) is 39.3 Å². The predicted octanol–water partition coefficient (Wildman–Crippen LogP) is 3.51. The predicted molar refractivity (Wildman–Crippen MR) is 146 cm³/mol. The molecule has 13 heteroatoms. The summed E-state index contributed by atoms with van der Waals surface area (Å²) in [4.78, 5) is 12.9. The van der Waals surface area contributed by atoms with E-state index in [4.69, 9.17) is 27.9 Å². The normalized spacial score (nSPS) is 19.4. The second-order valence-corrected chi connectivity index (χ2v) is 14.1. The Kier molecular flexibility index (Phi) is 9.59. The number of carbonyl (C=O) groups excluding carboxylic acids is 1. The molecule has 0 radical (unpaired) electrons. The summed E-state index contributed by atoms with van der Waals surface area (Å²) in [5.41, 5.74) is 0.532. The lowest BCUT2D eigenvalue weighted by molar-refractivity contribution is -0.126. The number of nitrogens with one attached hydrogen (secondary N) is 1. The number of carbonyl (C=O) groups is 1. The third-order valence-electron chi connectivity index (χ3n) is 6.68. The van der Waals surface area contributed by atoms with Crippen LogP contribution in [0.25, 0.3) is 0 Å². The van der Waals surface area contributed by atoms with Gasteiger partial charge in [0.25, 0.3) is 0 Å². The molecule has 2 heterocycles. The molecule has 0 saturated carbocycles. The maximum absolute atomic E-state index is 13.0. The summed E-state index contributed by atoms with van der Waals surface area (Å²) in [6.07, 6.45) is 2.93. The summed E-state index contributed by atoms with van der Waals surface area (Å²) in [6, 6.07) is 11.0. The Morgan fingerprint density at radius 1 is 0.921 bits per heavy atom. The van der Waals surface area contributed by atoms with Crippen molar-refractivity contribution >= 4 is 49.2 Å². The molecule has 2 fully saturated rings. The van der Waals surface area contributed by atoms with E-state index in [0.29, 0.717) is 53.8 Å². The molecule has 38 heavy (non-hydrogen) atoms. The van der Waals surface area contributed by atoms with Crippen LogP contribution in [0.1, 0.15) is 31.2 Å². The van der Waals surface area contributed by atoms with E-state index in [2.05, 4.69) is 5.32 Å². The lowest BCUT2D eigenvalue weighted by Gasteiger charge is -2.31. The van der Waals surface area contributed by atoms with Gasteiger partial charge in [0, 0.05) is 26.2 Å². The van der Waals surface area contributed by atoms with Crippen LogP contribution in [0.5, 0.6) is 5.75 Å². The molecule has 208 valence electrons. The van der Waals surface area contributed by atoms with Gasteiger partial charge in [0.15, 0.2) is 0 Å². The Morgan fingerprint density at radius 2 is 1.61 bits per heavy atom. The van der Waals surface area contributed by atoms with E-state index >= 15 is 0 Å². The maximum Gasteiger partial charge on any atom is 0.243 e. The number of amides is 1. The molecular formula is C25H31Cl2N3O6S2. The fourth-order valence-corrected chi connectivity index (χ4v) is 8.05. The average Bonchev–Trinajstić information content (AvgIpc) is 3.45. The number of rotatable bonds is 10. The van der Waals surface area contributed by atoms with Crippen molar-refractivity contribution in [2.24, 2.45) is 5.92 Å². The number of hydrogen-bond donors (Lipinski definition) is 1. The van der Waals surface area contributed by atoms with Gasteiger partial charge in [-0.3, -0.25) is 4.79 Å². The molecule has 0 aromatic heterocycles. The average molecular weight is 605 g/mol. The first-order valence-electron chi connectivity index (χ1n) is 12.5. The van der Waals surface area contributed by atoms with Crippen molar-refractivity contribution in [1.29, 1.82) is 0 Å². The Morgan fingerprint density at radius 3 is 2.29 bits per heavy atom. The first kappa shape index (κ1) is 29.1. The number of ether oxygens (including phenoxy) is 1. The number of halogens is 2. The second kappa shape index (κ2) is 12.5. The van der Waals surface area contributed by atoms with Gasteiger partial charge in [0.1, 0.15) is 12.4 Å². The van der Waals surface area contributed by atoms with E-state index in [0.717, 1.165) is 12.8 Å². The van der Waals surface area contributed by atoms with E-state index in [-0.39, 0.29) is 36.3 Å². The summed E-state index contributed by atoms with van der Waals surface area (Å²) in [5, 5.41) is 3.46. The molecule has 2 aromatic carbocycles. The van der Waals surface area contributed by atoms with Crippen LogP contribution in [0.2, 0.25) is 10.0 Å². The van der Waals surface area contributed by atoms with Gasteiger partial charge in [0.05, 0.1) is 33.2 Å². The highest BCUT2D eigenvalue weighted by atomic mass is 35.5. The van der Waals surface area contributed by atoms with Gasteiger partial charge in [-0.2, -0.15) is 4.31 Å². The van der Waals surface area contributed by atoms with Gasteiger partial charge in [-0.1, -0.05) is 29.3 Å². The number of sulfonamides is 2. The molecule has 0 unspecified atom stereocenters. The van der Waals surface area contributed by atoms with Crippen LogP contribution < -0.4 is 10.1 Å². The molecule has 2 aliphatic rings. The molecular weight excluding hydrogens is 573 g/mol. The Hall–Kier alpha value is -1.89. The highest BCUT2D eigenvalue weighted by molar-refractivity contribution is 7.89. The molecule has 2 aromatic rings. The zero-order valence-corrected chi connectivity index (χ0v) is 24.0. The highest BCUT2D eigenvalue weighted by Gasteiger charge is 2.32. The monoisotopic (exact) mass is 603 g/mol. The van der Waals surface area contributed by atoms with E-state index in [1.807, 2.05) is 0 Å². The molecule has 9 nitrogen and oxygen atoms in total. The third-order valence-corrected chi connectivity index (χ3v) is 11.1. The summed E-state index contributed by atoms with van der Waals surface area (Å²) in [5.74, 6) is -0.404. The van der Waals surface area contributed by atoms with Crippen LogP contribution >= 0.6 is 23.2 Å². The summed E-state index contributed by atoms with van der Waals surface area (Å²) in [6.45, 7) is 1.99. The molecule has 4 rings (SSSR count). The highest BCUT2D eigenvalue weighted by Crippen LogP contribution is 2.26. The number of benzene rings is 2. The molecule has 0 aliphatic carbocycles. The third kappa shape index (κ3) is 7.19. The van der Waals surface area contributed by atoms with Crippen molar-refractivity contribution in [3.63, 3.8) is 0 Å². The van der Waals surface area contributed by atoms with Crippen LogP contribution in [0.15, 0.2) is 47.4 Å². The summed E-state index contributed by atoms with van der Waals surface area (Å²) >= 11 is 11.9.